The number of carbonyl (C=O) groups is 1. The Morgan fingerprint density at radius 1 is 1.19 bits per heavy atom. The summed E-state index contributed by atoms with van der Waals surface area (Å²) in [6.45, 7) is 13.3. The van der Waals surface area contributed by atoms with Crippen LogP contribution in [0.25, 0.3) is 0 Å². The molecule has 0 aliphatic heterocycles. The zero-order chi connectivity index (χ0) is 16.0. The Hall–Kier alpha value is -1.29. The molecule has 0 bridgehead atoms. The van der Waals surface area contributed by atoms with Crippen LogP contribution in [0.1, 0.15) is 62.4 Å². The fourth-order valence-corrected chi connectivity index (χ4v) is 2.21. The molecule has 0 fully saturated rings. The maximum atomic E-state index is 11.1. The molecule has 21 heavy (non-hydrogen) atoms. The van der Waals surface area contributed by atoms with E-state index in [9.17, 15) is 4.79 Å². The summed E-state index contributed by atoms with van der Waals surface area (Å²) in [7, 11) is 0. The number of nitrogens with zero attached hydrogens (tertiary/aromatic N) is 1. The average Bonchev–Trinajstić information content (AvgIpc) is 2.73. The molecule has 0 aliphatic rings. The van der Waals surface area contributed by atoms with Gasteiger partial charge in [0.05, 0.1) is 6.54 Å². The van der Waals surface area contributed by atoms with Gasteiger partial charge in [0.1, 0.15) is 17.1 Å². The number of aromatic carboxylic acids is 1. The molecule has 1 N–H and O–H groups in total. The van der Waals surface area contributed by atoms with Gasteiger partial charge in [-0.15, -0.1) is 0 Å². The lowest BCUT2D eigenvalue weighted by molar-refractivity contribution is 0.0695. The van der Waals surface area contributed by atoms with E-state index in [0.29, 0.717) is 24.1 Å². The molecule has 0 saturated carbocycles. The number of aryl methyl sites for hydroxylation is 1. The number of furan rings is 1. The molecule has 1 aromatic heterocycles. The zero-order valence-electron chi connectivity index (χ0n) is 14.0. The summed E-state index contributed by atoms with van der Waals surface area (Å²) in [5.41, 5.74) is 0.276. The molecule has 0 aromatic carbocycles. The second kappa shape index (κ2) is 8.23. The first-order valence-corrected chi connectivity index (χ1v) is 7.84. The third-order valence-corrected chi connectivity index (χ3v) is 3.62. The Labute approximate surface area is 128 Å². The molecule has 0 atom stereocenters. The fraction of sp³-hybridized carbons (Fsp3) is 0.706. The molecule has 1 heterocycles. The smallest absolute Gasteiger partial charge is 0.339 e. The van der Waals surface area contributed by atoms with Crippen LogP contribution in [0.2, 0.25) is 0 Å². The molecule has 4 nitrogen and oxygen atoms in total. The van der Waals surface area contributed by atoms with Gasteiger partial charge in [-0.2, -0.15) is 0 Å². The van der Waals surface area contributed by atoms with Crippen molar-refractivity contribution in [3.05, 3.63) is 23.2 Å². The van der Waals surface area contributed by atoms with Crippen LogP contribution in [-0.2, 0) is 6.54 Å². The Morgan fingerprint density at radius 2 is 1.71 bits per heavy atom. The van der Waals surface area contributed by atoms with Crippen molar-refractivity contribution >= 4 is 5.97 Å². The molecule has 1 aromatic rings. The van der Waals surface area contributed by atoms with Gasteiger partial charge >= 0.3 is 5.97 Å². The largest absolute Gasteiger partial charge is 0.478 e. The molecule has 120 valence electrons. The molecular formula is C17H29NO3. The van der Waals surface area contributed by atoms with E-state index in [4.69, 9.17) is 9.52 Å². The van der Waals surface area contributed by atoms with Crippen molar-refractivity contribution < 1.29 is 14.3 Å². The normalized spacial score (nSPS) is 11.8. The molecule has 0 spiro atoms. The quantitative estimate of drug-likeness (QED) is 0.742. The highest BCUT2D eigenvalue weighted by Crippen LogP contribution is 2.17. The van der Waals surface area contributed by atoms with Crippen LogP contribution in [0.3, 0.4) is 0 Å². The predicted molar refractivity (Wildman–Crippen MR) is 84.6 cm³/mol. The molecule has 0 amide bonds. The number of rotatable bonds is 9. The Bertz CT molecular complexity index is 437. The van der Waals surface area contributed by atoms with Crippen molar-refractivity contribution in [3.63, 3.8) is 0 Å². The first kappa shape index (κ1) is 17.8. The van der Waals surface area contributed by atoms with E-state index in [1.165, 1.54) is 0 Å². The standard InChI is InChI=1S/C17H29NO3/c1-12(2)6-8-18(9-7-13(3)4)11-15-10-16(17(19)20)14(5)21-15/h10,12-13H,6-9,11H2,1-5H3,(H,19,20). The third-order valence-electron chi connectivity index (χ3n) is 3.62. The number of hydrogen-bond donors (Lipinski definition) is 1. The van der Waals surface area contributed by atoms with Gasteiger partial charge in [-0.3, -0.25) is 4.90 Å². The van der Waals surface area contributed by atoms with Crippen LogP contribution in [0, 0.1) is 18.8 Å². The maximum Gasteiger partial charge on any atom is 0.339 e. The van der Waals surface area contributed by atoms with Gasteiger partial charge in [0.15, 0.2) is 0 Å². The van der Waals surface area contributed by atoms with E-state index in [0.717, 1.165) is 31.7 Å². The fourth-order valence-electron chi connectivity index (χ4n) is 2.21. The lowest BCUT2D eigenvalue weighted by Gasteiger charge is -2.23. The molecule has 0 aliphatic carbocycles. The minimum atomic E-state index is -0.918. The van der Waals surface area contributed by atoms with Crippen LogP contribution >= 0.6 is 0 Å². The molecule has 0 unspecified atom stereocenters. The van der Waals surface area contributed by atoms with Gasteiger partial charge in [-0.05, 0) is 50.8 Å². The van der Waals surface area contributed by atoms with Crippen molar-refractivity contribution in [2.45, 2.75) is 54.0 Å². The van der Waals surface area contributed by atoms with Crippen LogP contribution in [-0.4, -0.2) is 29.1 Å². The molecule has 0 radical (unpaired) electrons. The van der Waals surface area contributed by atoms with Crippen molar-refractivity contribution in [3.8, 4) is 0 Å². The molecule has 4 heteroatoms. The monoisotopic (exact) mass is 295 g/mol. The third kappa shape index (κ3) is 6.34. The van der Waals surface area contributed by atoms with Gasteiger partial charge in [0.2, 0.25) is 0 Å². The summed E-state index contributed by atoms with van der Waals surface area (Å²) in [5, 5.41) is 9.09. The summed E-state index contributed by atoms with van der Waals surface area (Å²) in [6.07, 6.45) is 2.28. The van der Waals surface area contributed by atoms with Crippen molar-refractivity contribution in [1.29, 1.82) is 0 Å². The molecular weight excluding hydrogens is 266 g/mol. The van der Waals surface area contributed by atoms with E-state index in [-0.39, 0.29) is 5.56 Å². The Balaban J connectivity index is 2.69. The SMILES string of the molecule is Cc1oc(CN(CCC(C)C)CCC(C)C)cc1C(=O)O. The van der Waals surface area contributed by atoms with E-state index in [2.05, 4.69) is 32.6 Å². The summed E-state index contributed by atoms with van der Waals surface area (Å²) >= 11 is 0. The van der Waals surface area contributed by atoms with Crippen LogP contribution in [0.5, 0.6) is 0 Å². The minimum absolute atomic E-state index is 0.276. The predicted octanol–water partition coefficient (Wildman–Crippen LogP) is 4.18. The number of carboxylic acid groups (broad SMARTS) is 1. The Kier molecular flexibility index (Phi) is 6.96. The summed E-state index contributed by atoms with van der Waals surface area (Å²) < 4.78 is 5.60. The van der Waals surface area contributed by atoms with Gasteiger partial charge in [0.25, 0.3) is 0 Å². The van der Waals surface area contributed by atoms with E-state index >= 15 is 0 Å². The summed E-state index contributed by atoms with van der Waals surface area (Å²) in [6, 6.07) is 1.66. The summed E-state index contributed by atoms with van der Waals surface area (Å²) in [4.78, 5) is 13.4. The average molecular weight is 295 g/mol. The van der Waals surface area contributed by atoms with E-state index in [1.54, 1.807) is 13.0 Å². The topological polar surface area (TPSA) is 53.7 Å². The van der Waals surface area contributed by atoms with E-state index in [1.807, 2.05) is 0 Å². The van der Waals surface area contributed by atoms with Crippen LogP contribution in [0.4, 0.5) is 0 Å². The highest BCUT2D eigenvalue weighted by Gasteiger charge is 2.16. The second-order valence-corrected chi connectivity index (χ2v) is 6.63. The maximum absolute atomic E-state index is 11.1. The molecule has 0 saturated heterocycles. The lowest BCUT2D eigenvalue weighted by Crippen LogP contribution is -2.27. The first-order valence-electron chi connectivity index (χ1n) is 7.84. The lowest BCUT2D eigenvalue weighted by atomic mass is 10.1. The number of hydrogen-bond acceptors (Lipinski definition) is 3. The van der Waals surface area contributed by atoms with E-state index < -0.39 is 5.97 Å². The van der Waals surface area contributed by atoms with Crippen LogP contribution < -0.4 is 0 Å². The minimum Gasteiger partial charge on any atom is -0.478 e. The first-order chi connectivity index (χ1) is 9.79. The van der Waals surface area contributed by atoms with Crippen molar-refractivity contribution in [2.75, 3.05) is 13.1 Å². The van der Waals surface area contributed by atoms with Crippen LogP contribution in [0.15, 0.2) is 10.5 Å². The van der Waals surface area contributed by atoms with Crippen molar-refractivity contribution in [2.24, 2.45) is 11.8 Å². The highest BCUT2D eigenvalue weighted by atomic mass is 16.4. The van der Waals surface area contributed by atoms with Crippen molar-refractivity contribution in [1.82, 2.24) is 4.90 Å². The second-order valence-electron chi connectivity index (χ2n) is 6.63. The summed E-state index contributed by atoms with van der Waals surface area (Å²) in [5.74, 6) is 1.65. The van der Waals surface area contributed by atoms with Gasteiger partial charge in [-0.25, -0.2) is 4.79 Å². The van der Waals surface area contributed by atoms with Gasteiger partial charge in [0, 0.05) is 0 Å². The molecule has 1 rings (SSSR count). The zero-order valence-corrected chi connectivity index (χ0v) is 14.0. The highest BCUT2D eigenvalue weighted by molar-refractivity contribution is 5.88. The number of carboxylic acids is 1. The Morgan fingerprint density at radius 3 is 2.10 bits per heavy atom. The van der Waals surface area contributed by atoms with Gasteiger partial charge in [-0.1, -0.05) is 27.7 Å². The van der Waals surface area contributed by atoms with Gasteiger partial charge < -0.3 is 9.52 Å².